The Morgan fingerprint density at radius 2 is 1.96 bits per heavy atom. The highest BCUT2D eigenvalue weighted by Gasteiger charge is 2.29. The van der Waals surface area contributed by atoms with E-state index in [-0.39, 0.29) is 23.0 Å². The largest absolute Gasteiger partial charge is 0.373 e. The number of carbonyl (C=O) groups excluding carboxylic acids is 1. The van der Waals surface area contributed by atoms with Gasteiger partial charge in [-0.2, -0.15) is 0 Å². The predicted molar refractivity (Wildman–Crippen MR) is 90.3 cm³/mol. The smallest absolute Gasteiger partial charge is 0.241 e. The van der Waals surface area contributed by atoms with Gasteiger partial charge in [0.15, 0.2) is 0 Å². The molecule has 0 bridgehead atoms. The van der Waals surface area contributed by atoms with Crippen molar-refractivity contribution in [2.75, 3.05) is 31.1 Å². The Morgan fingerprint density at radius 1 is 1.29 bits per heavy atom. The molecule has 2 N–H and O–H groups in total. The molecule has 0 spiro atoms. The van der Waals surface area contributed by atoms with E-state index in [2.05, 4.69) is 4.90 Å². The number of anilines is 1. The molecule has 1 aromatic carbocycles. The topological polar surface area (TPSA) is 92.9 Å². The van der Waals surface area contributed by atoms with Crippen LogP contribution in [0.4, 0.5) is 5.69 Å². The molecule has 0 unspecified atom stereocenters. The van der Waals surface area contributed by atoms with Gasteiger partial charge in [0.05, 0.1) is 23.6 Å². The molecule has 3 rings (SSSR count). The number of sulfonamides is 1. The Balaban J connectivity index is 1.73. The van der Waals surface area contributed by atoms with Gasteiger partial charge in [-0.05, 0) is 44.0 Å². The number of nitrogens with two attached hydrogens (primary N) is 1. The molecule has 1 amide bonds. The first-order valence-electron chi connectivity index (χ1n) is 8.08. The first kappa shape index (κ1) is 17.3. The number of morpholine rings is 1. The van der Waals surface area contributed by atoms with Crippen LogP contribution in [0.5, 0.6) is 0 Å². The van der Waals surface area contributed by atoms with Crippen molar-refractivity contribution in [1.29, 1.82) is 0 Å². The molecule has 0 saturated carbocycles. The molecule has 132 valence electrons. The summed E-state index contributed by atoms with van der Waals surface area (Å²) >= 11 is 0. The van der Waals surface area contributed by atoms with Crippen molar-refractivity contribution in [3.05, 3.63) is 23.8 Å². The van der Waals surface area contributed by atoms with Crippen LogP contribution in [-0.4, -0.2) is 57.6 Å². The van der Waals surface area contributed by atoms with Crippen LogP contribution in [0, 0.1) is 0 Å². The number of fused-ring (bicyclic) bond motifs is 1. The standard InChI is InChI=1S/C16H23N3O4S/c1-11-8-18(9-12(2)23-11)10-16(20)19-6-5-13-7-14(24(17,21)22)3-4-15(13)19/h3-4,7,11-12H,5-6,8-10H2,1-2H3,(H2,17,21,22)/t11-,12-/m1/s1. The fraction of sp³-hybridized carbons (Fsp3) is 0.562. The number of rotatable bonds is 3. The number of nitrogens with zero attached hydrogens (tertiary/aromatic N) is 2. The minimum absolute atomic E-state index is 0.0263. The van der Waals surface area contributed by atoms with Crippen molar-refractivity contribution < 1.29 is 17.9 Å². The van der Waals surface area contributed by atoms with Gasteiger partial charge in [-0.15, -0.1) is 0 Å². The van der Waals surface area contributed by atoms with E-state index in [1.54, 1.807) is 17.0 Å². The molecule has 1 saturated heterocycles. The lowest BCUT2D eigenvalue weighted by Crippen LogP contribution is -2.49. The van der Waals surface area contributed by atoms with Gasteiger partial charge in [-0.25, -0.2) is 13.6 Å². The molecule has 2 aliphatic heterocycles. The number of hydrogen-bond donors (Lipinski definition) is 1. The molecule has 24 heavy (non-hydrogen) atoms. The van der Waals surface area contributed by atoms with Gasteiger partial charge in [-0.1, -0.05) is 0 Å². The predicted octanol–water partition coefficient (Wildman–Crippen LogP) is 0.332. The summed E-state index contributed by atoms with van der Waals surface area (Å²) in [6.07, 6.45) is 0.870. The maximum atomic E-state index is 12.7. The zero-order valence-corrected chi connectivity index (χ0v) is 14.8. The summed E-state index contributed by atoms with van der Waals surface area (Å²) in [6.45, 7) is 6.40. The van der Waals surface area contributed by atoms with Crippen molar-refractivity contribution >= 4 is 21.6 Å². The number of amides is 1. The Bertz CT molecular complexity index is 740. The van der Waals surface area contributed by atoms with E-state index in [0.717, 1.165) is 24.3 Å². The third-order valence-corrected chi connectivity index (χ3v) is 5.34. The fourth-order valence-electron chi connectivity index (χ4n) is 3.50. The van der Waals surface area contributed by atoms with Crippen molar-refractivity contribution in [3.63, 3.8) is 0 Å². The van der Waals surface area contributed by atoms with Gasteiger partial charge in [0.1, 0.15) is 0 Å². The Kier molecular flexibility index (Phi) is 4.65. The van der Waals surface area contributed by atoms with Crippen LogP contribution >= 0.6 is 0 Å². The molecule has 8 heteroatoms. The number of hydrogen-bond acceptors (Lipinski definition) is 5. The first-order chi connectivity index (χ1) is 11.2. The Labute approximate surface area is 142 Å². The van der Waals surface area contributed by atoms with Crippen molar-refractivity contribution in [2.24, 2.45) is 5.14 Å². The summed E-state index contributed by atoms with van der Waals surface area (Å²) in [5, 5.41) is 5.17. The summed E-state index contributed by atoms with van der Waals surface area (Å²) in [5.74, 6) is 0.0263. The van der Waals surface area contributed by atoms with E-state index in [4.69, 9.17) is 9.88 Å². The number of benzene rings is 1. The van der Waals surface area contributed by atoms with Crippen molar-refractivity contribution in [2.45, 2.75) is 37.4 Å². The maximum absolute atomic E-state index is 12.7. The zero-order valence-electron chi connectivity index (χ0n) is 13.9. The first-order valence-corrected chi connectivity index (χ1v) is 9.62. The molecule has 0 aliphatic carbocycles. The average molecular weight is 353 g/mol. The Hall–Kier alpha value is -1.48. The quantitative estimate of drug-likeness (QED) is 0.845. The number of primary sulfonamides is 1. The summed E-state index contributed by atoms with van der Waals surface area (Å²) in [5.41, 5.74) is 1.63. The second-order valence-electron chi connectivity index (χ2n) is 6.58. The maximum Gasteiger partial charge on any atom is 0.241 e. The molecule has 0 radical (unpaired) electrons. The molecule has 0 aromatic heterocycles. The molecule has 7 nitrogen and oxygen atoms in total. The molecule has 2 atom stereocenters. The molecular formula is C16H23N3O4S. The van der Waals surface area contributed by atoms with Gasteiger partial charge in [-0.3, -0.25) is 9.69 Å². The van der Waals surface area contributed by atoms with E-state index in [0.29, 0.717) is 19.5 Å². The van der Waals surface area contributed by atoms with Crippen LogP contribution in [-0.2, 0) is 26.0 Å². The normalized spacial score (nSPS) is 24.9. The zero-order chi connectivity index (χ0) is 17.5. The van der Waals surface area contributed by atoms with Crippen LogP contribution in [0.15, 0.2) is 23.1 Å². The lowest BCUT2D eigenvalue weighted by atomic mass is 10.2. The summed E-state index contributed by atoms with van der Waals surface area (Å²) < 4.78 is 28.6. The monoisotopic (exact) mass is 353 g/mol. The average Bonchev–Trinajstić information content (AvgIpc) is 2.88. The van der Waals surface area contributed by atoms with Crippen LogP contribution in [0.25, 0.3) is 0 Å². The molecular weight excluding hydrogens is 330 g/mol. The van der Waals surface area contributed by atoms with Crippen LogP contribution in [0.3, 0.4) is 0 Å². The van der Waals surface area contributed by atoms with E-state index in [1.165, 1.54) is 6.07 Å². The lowest BCUT2D eigenvalue weighted by Gasteiger charge is -2.35. The van der Waals surface area contributed by atoms with Crippen LogP contribution in [0.1, 0.15) is 19.4 Å². The highest BCUT2D eigenvalue weighted by molar-refractivity contribution is 7.89. The highest BCUT2D eigenvalue weighted by atomic mass is 32.2. The second kappa shape index (κ2) is 6.44. The van der Waals surface area contributed by atoms with Gasteiger partial charge >= 0.3 is 0 Å². The third kappa shape index (κ3) is 3.61. The molecule has 2 heterocycles. The lowest BCUT2D eigenvalue weighted by molar-refractivity contribution is -0.123. The number of ether oxygens (including phenoxy) is 1. The molecule has 1 aromatic rings. The minimum Gasteiger partial charge on any atom is -0.373 e. The van der Waals surface area contributed by atoms with E-state index >= 15 is 0 Å². The Morgan fingerprint density at radius 3 is 2.58 bits per heavy atom. The minimum atomic E-state index is -3.72. The van der Waals surface area contributed by atoms with Gasteiger partial charge in [0.25, 0.3) is 0 Å². The summed E-state index contributed by atoms with van der Waals surface area (Å²) in [6, 6.07) is 4.69. The van der Waals surface area contributed by atoms with Crippen LogP contribution < -0.4 is 10.0 Å². The van der Waals surface area contributed by atoms with E-state index in [9.17, 15) is 13.2 Å². The van der Waals surface area contributed by atoms with Gasteiger partial charge in [0.2, 0.25) is 15.9 Å². The fourth-order valence-corrected chi connectivity index (χ4v) is 4.07. The van der Waals surface area contributed by atoms with E-state index < -0.39 is 10.0 Å². The SMILES string of the molecule is C[C@@H]1CN(CC(=O)N2CCc3cc(S(N)(=O)=O)ccc32)C[C@@H](C)O1. The molecule has 1 fully saturated rings. The van der Waals surface area contributed by atoms with Gasteiger partial charge in [0, 0.05) is 25.3 Å². The number of carbonyl (C=O) groups is 1. The van der Waals surface area contributed by atoms with Crippen molar-refractivity contribution in [1.82, 2.24) is 4.90 Å². The van der Waals surface area contributed by atoms with Gasteiger partial charge < -0.3 is 9.64 Å². The second-order valence-corrected chi connectivity index (χ2v) is 8.14. The summed E-state index contributed by atoms with van der Waals surface area (Å²) in [4.78, 5) is 16.6. The van der Waals surface area contributed by atoms with E-state index in [1.807, 2.05) is 13.8 Å². The summed E-state index contributed by atoms with van der Waals surface area (Å²) in [7, 11) is -3.72. The highest BCUT2D eigenvalue weighted by Crippen LogP contribution is 2.30. The van der Waals surface area contributed by atoms with Crippen molar-refractivity contribution in [3.8, 4) is 0 Å². The molecule has 2 aliphatic rings. The third-order valence-electron chi connectivity index (χ3n) is 4.43. The van der Waals surface area contributed by atoms with Crippen LogP contribution in [0.2, 0.25) is 0 Å².